The van der Waals surface area contributed by atoms with E-state index in [-0.39, 0.29) is 24.8 Å². The lowest BCUT2D eigenvalue weighted by molar-refractivity contribution is 0.410. The van der Waals surface area contributed by atoms with Gasteiger partial charge in [-0.3, -0.25) is 4.98 Å². The summed E-state index contributed by atoms with van der Waals surface area (Å²) >= 11 is 0. The van der Waals surface area contributed by atoms with Gasteiger partial charge in [-0.1, -0.05) is 12.8 Å². The van der Waals surface area contributed by atoms with Crippen LogP contribution in [0.5, 0.6) is 0 Å². The molecule has 33 heavy (non-hydrogen) atoms. The van der Waals surface area contributed by atoms with Crippen LogP contribution in [0.25, 0.3) is 11.2 Å². The number of nitrogens with zero attached hydrogens (tertiary/aromatic N) is 6. The SMILES string of the molecule is CCN(c1ccncc1)c1nc(NC2CCC(N)CC2)nc2c1ncn2C1CCCC1.Cl.Cl. The predicted octanol–water partition coefficient (Wildman–Crippen LogP) is 5.02. The van der Waals surface area contributed by atoms with E-state index in [1.54, 1.807) is 0 Å². The third-order valence-electron chi connectivity index (χ3n) is 6.77. The molecule has 0 amide bonds. The van der Waals surface area contributed by atoms with Gasteiger partial charge in [-0.15, -0.1) is 24.8 Å². The molecule has 0 spiro atoms. The summed E-state index contributed by atoms with van der Waals surface area (Å²) in [7, 11) is 0. The molecule has 0 saturated heterocycles. The summed E-state index contributed by atoms with van der Waals surface area (Å²) in [6.45, 7) is 2.92. The molecular formula is C23H34Cl2N8. The van der Waals surface area contributed by atoms with Crippen molar-refractivity contribution < 1.29 is 0 Å². The van der Waals surface area contributed by atoms with Crippen LogP contribution in [0.4, 0.5) is 17.5 Å². The molecule has 0 aliphatic heterocycles. The average molecular weight is 493 g/mol. The van der Waals surface area contributed by atoms with Crippen LogP contribution in [-0.4, -0.2) is 43.1 Å². The number of nitrogens with one attached hydrogen (secondary N) is 1. The minimum absolute atomic E-state index is 0. The summed E-state index contributed by atoms with van der Waals surface area (Å²) in [5, 5.41) is 3.61. The van der Waals surface area contributed by atoms with E-state index in [2.05, 4.69) is 26.7 Å². The smallest absolute Gasteiger partial charge is 0.227 e. The molecule has 10 heteroatoms. The molecule has 2 aliphatic rings. The molecule has 2 saturated carbocycles. The second kappa shape index (κ2) is 11.3. The van der Waals surface area contributed by atoms with Crippen molar-refractivity contribution in [1.82, 2.24) is 24.5 Å². The third kappa shape index (κ3) is 5.34. The molecule has 3 aromatic heterocycles. The summed E-state index contributed by atoms with van der Waals surface area (Å²) in [5.41, 5.74) is 8.96. The third-order valence-corrected chi connectivity index (χ3v) is 6.77. The van der Waals surface area contributed by atoms with Crippen LogP contribution < -0.4 is 16.0 Å². The van der Waals surface area contributed by atoms with Gasteiger partial charge in [0.1, 0.15) is 0 Å². The van der Waals surface area contributed by atoms with Gasteiger partial charge < -0.3 is 20.5 Å². The Balaban J connectivity index is 0.00000153. The first-order chi connectivity index (χ1) is 15.2. The normalized spacial score (nSPS) is 20.8. The van der Waals surface area contributed by atoms with Crippen molar-refractivity contribution >= 4 is 53.4 Å². The molecule has 2 fully saturated rings. The van der Waals surface area contributed by atoms with E-state index in [4.69, 9.17) is 20.7 Å². The minimum Gasteiger partial charge on any atom is -0.351 e. The van der Waals surface area contributed by atoms with E-state index >= 15 is 0 Å². The molecule has 2 aliphatic carbocycles. The molecule has 0 radical (unpaired) electrons. The first-order valence-electron chi connectivity index (χ1n) is 11.7. The first kappa shape index (κ1) is 25.5. The number of hydrogen-bond acceptors (Lipinski definition) is 7. The lowest BCUT2D eigenvalue weighted by atomic mass is 9.92. The molecule has 8 nitrogen and oxygen atoms in total. The van der Waals surface area contributed by atoms with Crippen molar-refractivity contribution in [2.75, 3.05) is 16.8 Å². The van der Waals surface area contributed by atoms with Crippen molar-refractivity contribution in [3.05, 3.63) is 30.9 Å². The Labute approximate surface area is 207 Å². The largest absolute Gasteiger partial charge is 0.351 e. The van der Waals surface area contributed by atoms with Crippen molar-refractivity contribution in [2.45, 2.75) is 76.4 Å². The second-order valence-electron chi connectivity index (χ2n) is 8.84. The minimum atomic E-state index is 0. The van der Waals surface area contributed by atoms with Gasteiger partial charge in [0.2, 0.25) is 5.95 Å². The highest BCUT2D eigenvalue weighted by Crippen LogP contribution is 2.35. The summed E-state index contributed by atoms with van der Waals surface area (Å²) in [4.78, 5) is 21.1. The fraction of sp³-hybridized carbons (Fsp3) is 0.565. The average Bonchev–Trinajstić information content (AvgIpc) is 3.46. The van der Waals surface area contributed by atoms with Crippen LogP contribution in [0, 0.1) is 0 Å². The highest BCUT2D eigenvalue weighted by molar-refractivity contribution is 5.87. The second-order valence-corrected chi connectivity index (χ2v) is 8.84. The van der Waals surface area contributed by atoms with Crippen molar-refractivity contribution in [1.29, 1.82) is 0 Å². The van der Waals surface area contributed by atoms with Gasteiger partial charge in [0.05, 0.1) is 6.33 Å². The van der Waals surface area contributed by atoms with Crippen molar-refractivity contribution in [3.63, 3.8) is 0 Å². The summed E-state index contributed by atoms with van der Waals surface area (Å²) in [6.07, 6.45) is 14.7. The monoisotopic (exact) mass is 492 g/mol. The van der Waals surface area contributed by atoms with Crippen LogP contribution >= 0.6 is 24.8 Å². The van der Waals surface area contributed by atoms with Crippen LogP contribution in [0.1, 0.15) is 64.3 Å². The Morgan fingerprint density at radius 1 is 1.03 bits per heavy atom. The Kier molecular flexibility index (Phi) is 8.73. The Hall–Kier alpha value is -2.16. The molecule has 0 aromatic carbocycles. The number of anilines is 3. The summed E-state index contributed by atoms with van der Waals surface area (Å²) in [5.74, 6) is 1.54. The van der Waals surface area contributed by atoms with Crippen molar-refractivity contribution in [3.8, 4) is 0 Å². The Bertz CT molecular complexity index is 1010. The van der Waals surface area contributed by atoms with Crippen LogP contribution in [-0.2, 0) is 0 Å². The van der Waals surface area contributed by atoms with Crippen LogP contribution in [0.3, 0.4) is 0 Å². The van der Waals surface area contributed by atoms with Gasteiger partial charge in [0, 0.05) is 42.8 Å². The number of rotatable bonds is 6. The molecule has 3 aromatic rings. The number of halogens is 2. The highest BCUT2D eigenvalue weighted by Gasteiger charge is 2.25. The number of hydrogen-bond donors (Lipinski definition) is 2. The highest BCUT2D eigenvalue weighted by atomic mass is 35.5. The predicted molar refractivity (Wildman–Crippen MR) is 138 cm³/mol. The number of imidazole rings is 1. The lowest BCUT2D eigenvalue weighted by Crippen LogP contribution is -2.33. The van der Waals surface area contributed by atoms with Gasteiger partial charge in [-0.25, -0.2) is 4.98 Å². The van der Waals surface area contributed by atoms with E-state index in [1.807, 2.05) is 30.9 Å². The molecule has 3 N–H and O–H groups in total. The van der Waals surface area contributed by atoms with Gasteiger partial charge in [-0.05, 0) is 57.6 Å². The number of fused-ring (bicyclic) bond motifs is 1. The topological polar surface area (TPSA) is 97.8 Å². The van der Waals surface area contributed by atoms with Crippen LogP contribution in [0.15, 0.2) is 30.9 Å². The van der Waals surface area contributed by atoms with E-state index < -0.39 is 0 Å². The van der Waals surface area contributed by atoms with E-state index in [1.165, 1.54) is 25.7 Å². The maximum atomic E-state index is 6.10. The quantitative estimate of drug-likeness (QED) is 0.498. The molecule has 0 bridgehead atoms. The molecule has 5 rings (SSSR count). The number of aromatic nitrogens is 5. The molecule has 3 heterocycles. The summed E-state index contributed by atoms with van der Waals surface area (Å²) < 4.78 is 2.27. The van der Waals surface area contributed by atoms with Crippen molar-refractivity contribution in [2.24, 2.45) is 5.73 Å². The van der Waals surface area contributed by atoms with E-state index in [9.17, 15) is 0 Å². The molecule has 180 valence electrons. The summed E-state index contributed by atoms with van der Waals surface area (Å²) in [6, 6.07) is 5.19. The van der Waals surface area contributed by atoms with Gasteiger partial charge in [0.25, 0.3) is 0 Å². The van der Waals surface area contributed by atoms with Gasteiger partial charge in [0.15, 0.2) is 17.0 Å². The Morgan fingerprint density at radius 2 is 1.73 bits per heavy atom. The number of pyridine rings is 1. The fourth-order valence-electron chi connectivity index (χ4n) is 5.03. The molecular weight excluding hydrogens is 459 g/mol. The first-order valence-corrected chi connectivity index (χ1v) is 11.7. The maximum Gasteiger partial charge on any atom is 0.227 e. The van der Waals surface area contributed by atoms with Gasteiger partial charge >= 0.3 is 0 Å². The molecule has 0 unspecified atom stereocenters. The zero-order chi connectivity index (χ0) is 21.2. The van der Waals surface area contributed by atoms with E-state index in [0.717, 1.165) is 54.9 Å². The molecule has 0 atom stereocenters. The van der Waals surface area contributed by atoms with Gasteiger partial charge in [-0.2, -0.15) is 9.97 Å². The maximum absolute atomic E-state index is 6.10. The van der Waals surface area contributed by atoms with Crippen LogP contribution in [0.2, 0.25) is 0 Å². The Morgan fingerprint density at radius 3 is 2.39 bits per heavy atom. The lowest BCUT2D eigenvalue weighted by Gasteiger charge is -2.28. The fourth-order valence-corrected chi connectivity index (χ4v) is 5.03. The zero-order valence-electron chi connectivity index (χ0n) is 19.1. The van der Waals surface area contributed by atoms with E-state index in [0.29, 0.717) is 24.1 Å². The zero-order valence-corrected chi connectivity index (χ0v) is 20.7. The number of nitrogens with two attached hydrogens (primary N) is 1. The standard InChI is InChI=1S/C23H32N8.2ClH/c1-2-30(19-11-13-25-14-12-19)21-20-22(31(15-26-20)18-5-3-4-6-18)29-23(28-21)27-17-9-7-16(24)8-10-17;;/h11-18H,2-10,24H2,1H3,(H,27,28,29);2*1H.